The van der Waals surface area contributed by atoms with E-state index in [1.54, 1.807) is 0 Å². The van der Waals surface area contributed by atoms with Gasteiger partial charge in [0, 0.05) is 23.5 Å². The molecule has 0 bridgehead atoms. The molecule has 0 aliphatic heterocycles. The molecular formula is C11H13N2NaO2. The van der Waals surface area contributed by atoms with Crippen molar-refractivity contribution in [1.82, 2.24) is 4.98 Å². The number of aromatic nitrogens is 1. The minimum absolute atomic E-state index is 0. The molecule has 0 aliphatic carbocycles. The van der Waals surface area contributed by atoms with Crippen LogP contribution in [0.2, 0.25) is 0 Å². The van der Waals surface area contributed by atoms with Crippen LogP contribution < -0.4 is 35.3 Å². The molecule has 1 aromatic heterocycles. The summed E-state index contributed by atoms with van der Waals surface area (Å²) in [5.74, 6) is -0.972. The molecule has 0 radical (unpaired) electrons. The van der Waals surface area contributed by atoms with Crippen LogP contribution in [-0.2, 0) is 11.2 Å². The Morgan fingerprint density at radius 1 is 1.50 bits per heavy atom. The van der Waals surface area contributed by atoms with Gasteiger partial charge in [-0.15, -0.1) is 0 Å². The first kappa shape index (κ1) is 13.3. The Bertz CT molecular complexity index is 501. The third kappa shape index (κ3) is 2.65. The first-order valence-electron chi connectivity index (χ1n) is 4.72. The molecule has 80 valence electrons. The number of aliphatic carboxylic acids is 1. The monoisotopic (exact) mass is 228 g/mol. The fourth-order valence-corrected chi connectivity index (χ4v) is 1.62. The molecule has 2 rings (SSSR count). The average Bonchev–Trinajstić information content (AvgIpc) is 2.62. The molecule has 2 aromatic rings. The number of benzene rings is 1. The van der Waals surface area contributed by atoms with Crippen molar-refractivity contribution in [2.24, 2.45) is 5.73 Å². The second-order valence-corrected chi connectivity index (χ2v) is 3.51. The Balaban J connectivity index is 0.00000128. The van der Waals surface area contributed by atoms with Crippen LogP contribution in [0.3, 0.4) is 0 Å². The van der Waals surface area contributed by atoms with Crippen LogP contribution in [0, 0.1) is 0 Å². The van der Waals surface area contributed by atoms with Gasteiger partial charge in [0.25, 0.3) is 0 Å². The average molecular weight is 228 g/mol. The number of nitrogens with one attached hydrogen (secondary N) is 1. The number of para-hydroxylation sites is 1. The van der Waals surface area contributed by atoms with Gasteiger partial charge in [0.05, 0.1) is 0 Å². The molecule has 0 fully saturated rings. The topological polar surface area (TPSA) is 79.1 Å². The standard InChI is InChI=1S/C11H12N2O2.Na.H/c12-9(11(14)15)5-7-6-13-10-4-2-1-3-8(7)10;;/h1-4,6,9,13H,5,12H2,(H,14,15);;/q;+1;-1/t9-;;/m1../s1. The van der Waals surface area contributed by atoms with E-state index in [1.165, 1.54) is 0 Å². The summed E-state index contributed by atoms with van der Waals surface area (Å²) in [4.78, 5) is 13.7. The summed E-state index contributed by atoms with van der Waals surface area (Å²) in [7, 11) is 0. The van der Waals surface area contributed by atoms with Crippen LogP contribution in [-0.4, -0.2) is 22.1 Å². The van der Waals surface area contributed by atoms with Gasteiger partial charge in [0.2, 0.25) is 0 Å². The Morgan fingerprint density at radius 3 is 2.88 bits per heavy atom. The smallest absolute Gasteiger partial charge is 1.00 e. The Labute approximate surface area is 117 Å². The summed E-state index contributed by atoms with van der Waals surface area (Å²) in [5.41, 5.74) is 7.43. The van der Waals surface area contributed by atoms with Crippen LogP contribution in [0.4, 0.5) is 0 Å². The van der Waals surface area contributed by atoms with Gasteiger partial charge in [-0.1, -0.05) is 18.2 Å². The minimum atomic E-state index is -0.972. The molecule has 0 unspecified atom stereocenters. The molecule has 0 saturated carbocycles. The third-order valence-corrected chi connectivity index (χ3v) is 2.43. The van der Waals surface area contributed by atoms with Gasteiger partial charge in [0.15, 0.2) is 0 Å². The molecule has 4 N–H and O–H groups in total. The number of H-pyrrole nitrogens is 1. The maximum atomic E-state index is 10.6. The summed E-state index contributed by atoms with van der Waals surface area (Å²) in [6, 6.07) is 6.91. The molecule has 16 heavy (non-hydrogen) atoms. The Hall–Kier alpha value is -0.810. The molecular weight excluding hydrogens is 215 g/mol. The van der Waals surface area contributed by atoms with Gasteiger partial charge in [-0.2, -0.15) is 0 Å². The summed E-state index contributed by atoms with van der Waals surface area (Å²) >= 11 is 0. The number of carbonyl (C=O) groups is 1. The molecule has 5 heteroatoms. The summed E-state index contributed by atoms with van der Waals surface area (Å²) in [5, 5.41) is 9.75. The van der Waals surface area contributed by atoms with Gasteiger partial charge in [-0.3, -0.25) is 4.79 Å². The molecule has 0 amide bonds. The number of hydrogen-bond acceptors (Lipinski definition) is 2. The maximum Gasteiger partial charge on any atom is 1.00 e. The van der Waals surface area contributed by atoms with Crippen molar-refractivity contribution in [3.05, 3.63) is 36.0 Å². The van der Waals surface area contributed by atoms with E-state index in [-0.39, 0.29) is 31.0 Å². The van der Waals surface area contributed by atoms with Crippen molar-refractivity contribution in [3.8, 4) is 0 Å². The predicted molar refractivity (Wildman–Crippen MR) is 58.7 cm³/mol. The Morgan fingerprint density at radius 2 is 2.19 bits per heavy atom. The van der Waals surface area contributed by atoms with E-state index in [9.17, 15) is 4.79 Å². The molecule has 1 aromatic carbocycles. The summed E-state index contributed by atoms with van der Waals surface area (Å²) < 4.78 is 0. The van der Waals surface area contributed by atoms with Crippen molar-refractivity contribution in [1.29, 1.82) is 0 Å². The second-order valence-electron chi connectivity index (χ2n) is 3.51. The van der Waals surface area contributed by atoms with Crippen LogP contribution in [0.15, 0.2) is 30.5 Å². The number of aromatic amines is 1. The van der Waals surface area contributed by atoms with Gasteiger partial charge in [-0.05, 0) is 11.6 Å². The fraction of sp³-hybridized carbons (Fsp3) is 0.182. The second kappa shape index (κ2) is 5.50. The van der Waals surface area contributed by atoms with Gasteiger partial charge >= 0.3 is 35.5 Å². The molecule has 1 heterocycles. The van der Waals surface area contributed by atoms with Crippen molar-refractivity contribution < 1.29 is 40.9 Å². The van der Waals surface area contributed by atoms with Crippen molar-refractivity contribution >= 4 is 16.9 Å². The van der Waals surface area contributed by atoms with Crippen LogP contribution in [0.1, 0.15) is 6.99 Å². The van der Waals surface area contributed by atoms with Crippen molar-refractivity contribution in [2.75, 3.05) is 0 Å². The summed E-state index contributed by atoms with van der Waals surface area (Å²) in [6.07, 6.45) is 2.16. The van der Waals surface area contributed by atoms with Crippen LogP contribution >= 0.6 is 0 Å². The van der Waals surface area contributed by atoms with E-state index in [4.69, 9.17) is 10.8 Å². The Kier molecular flexibility index (Phi) is 4.56. The van der Waals surface area contributed by atoms with E-state index in [0.717, 1.165) is 16.5 Å². The molecule has 0 saturated heterocycles. The number of hydrogen-bond donors (Lipinski definition) is 3. The van der Waals surface area contributed by atoms with E-state index in [2.05, 4.69) is 4.98 Å². The third-order valence-electron chi connectivity index (χ3n) is 2.43. The van der Waals surface area contributed by atoms with Crippen molar-refractivity contribution in [3.63, 3.8) is 0 Å². The SMILES string of the molecule is N[C@H](Cc1c[nH]c2ccccc12)C(=O)O.[H-].[Na+]. The number of fused-ring (bicyclic) bond motifs is 1. The fourth-order valence-electron chi connectivity index (χ4n) is 1.62. The number of carboxylic acids is 1. The number of rotatable bonds is 3. The minimum Gasteiger partial charge on any atom is -1.00 e. The van der Waals surface area contributed by atoms with Crippen LogP contribution in [0.5, 0.6) is 0 Å². The normalized spacial score (nSPS) is 12.1. The maximum absolute atomic E-state index is 10.6. The largest absolute Gasteiger partial charge is 1.00 e. The van der Waals surface area contributed by atoms with E-state index < -0.39 is 12.0 Å². The van der Waals surface area contributed by atoms with Crippen molar-refractivity contribution in [2.45, 2.75) is 12.5 Å². The number of carboxylic acid groups (broad SMARTS) is 1. The van der Waals surface area contributed by atoms with Gasteiger partial charge in [0.1, 0.15) is 6.04 Å². The predicted octanol–water partition coefficient (Wildman–Crippen LogP) is -1.76. The van der Waals surface area contributed by atoms with E-state index >= 15 is 0 Å². The summed E-state index contributed by atoms with van der Waals surface area (Å²) in [6.45, 7) is 0. The number of nitrogens with two attached hydrogens (primary N) is 1. The van der Waals surface area contributed by atoms with E-state index in [1.807, 2.05) is 30.5 Å². The van der Waals surface area contributed by atoms with Gasteiger partial charge < -0.3 is 17.3 Å². The molecule has 0 aliphatic rings. The first-order valence-corrected chi connectivity index (χ1v) is 4.72. The molecule has 4 nitrogen and oxygen atoms in total. The zero-order valence-corrected chi connectivity index (χ0v) is 11.1. The molecule has 0 spiro atoms. The molecule has 1 atom stereocenters. The quantitative estimate of drug-likeness (QED) is 0.544. The zero-order chi connectivity index (χ0) is 10.8. The van der Waals surface area contributed by atoms with Crippen LogP contribution in [0.25, 0.3) is 10.9 Å². The van der Waals surface area contributed by atoms with Gasteiger partial charge in [-0.25, -0.2) is 0 Å². The van der Waals surface area contributed by atoms with E-state index in [0.29, 0.717) is 6.42 Å². The first-order chi connectivity index (χ1) is 7.18. The zero-order valence-electron chi connectivity index (χ0n) is 10.1.